The molecule has 3 N–H and O–H groups in total. The maximum absolute atomic E-state index is 14.5. The summed E-state index contributed by atoms with van der Waals surface area (Å²) in [6, 6.07) is 13.3. The molecular weight excluding hydrogens is 479 g/mol. The predicted octanol–water partition coefficient (Wildman–Crippen LogP) is 4.63. The number of halogens is 1. The molecule has 0 spiro atoms. The van der Waals surface area contributed by atoms with Crippen LogP contribution in [0.25, 0.3) is 0 Å². The van der Waals surface area contributed by atoms with Crippen LogP contribution < -0.4 is 15.4 Å². The number of likely N-dealkylation sites (tertiary alicyclic amines) is 1. The zero-order chi connectivity index (χ0) is 26.0. The zero-order valence-corrected chi connectivity index (χ0v) is 20.7. The Kier molecular flexibility index (Phi) is 9.31. The molecule has 2 aliphatic rings. The fourth-order valence-corrected chi connectivity index (χ4v) is 4.55. The van der Waals surface area contributed by atoms with E-state index in [1.165, 1.54) is 6.07 Å². The van der Waals surface area contributed by atoms with Crippen molar-refractivity contribution in [3.8, 4) is 5.75 Å². The Morgan fingerprint density at radius 3 is 2.46 bits per heavy atom. The lowest BCUT2D eigenvalue weighted by Gasteiger charge is -2.30. The second-order valence-electron chi connectivity index (χ2n) is 9.25. The van der Waals surface area contributed by atoms with Crippen LogP contribution in [0.1, 0.15) is 50.0 Å². The van der Waals surface area contributed by atoms with Crippen LogP contribution >= 0.6 is 0 Å². The van der Waals surface area contributed by atoms with E-state index < -0.39 is 11.8 Å². The minimum Gasteiger partial charge on any atom is -0.410 e. The molecule has 1 heterocycles. The monoisotopic (exact) mass is 512 g/mol. The fraction of sp³-hybridized carbons (Fsp3) is 0.444. The van der Waals surface area contributed by atoms with E-state index in [0.717, 1.165) is 37.0 Å². The van der Waals surface area contributed by atoms with Crippen LogP contribution in [0.5, 0.6) is 5.75 Å². The molecule has 198 valence electrons. The number of anilines is 1. The number of carbonyl (C=O) groups is 2. The molecule has 1 saturated carbocycles. The molecule has 3 amide bonds. The van der Waals surface area contributed by atoms with Crippen LogP contribution in [0.3, 0.4) is 0 Å². The number of aliphatic hydroxyl groups excluding tert-OH is 1. The smallest absolute Gasteiger partial charge is 0.410 e. The van der Waals surface area contributed by atoms with Gasteiger partial charge in [-0.3, -0.25) is 0 Å². The zero-order valence-electron chi connectivity index (χ0n) is 20.7. The van der Waals surface area contributed by atoms with Gasteiger partial charge >= 0.3 is 12.1 Å². The van der Waals surface area contributed by atoms with Gasteiger partial charge in [-0.25, -0.2) is 14.0 Å². The summed E-state index contributed by atoms with van der Waals surface area (Å²) in [6.07, 6.45) is 4.25. The number of benzene rings is 2. The van der Waals surface area contributed by atoms with Crippen molar-refractivity contribution in [1.82, 2.24) is 10.2 Å². The van der Waals surface area contributed by atoms with Gasteiger partial charge in [-0.2, -0.15) is 0 Å². The van der Waals surface area contributed by atoms with E-state index in [-0.39, 0.29) is 37.0 Å². The molecule has 1 saturated heterocycles. The molecule has 2 fully saturated rings. The van der Waals surface area contributed by atoms with Crippen LogP contribution in [-0.4, -0.2) is 60.2 Å². The molecule has 1 aliphatic carbocycles. The third-order valence-corrected chi connectivity index (χ3v) is 6.65. The number of carbonyl (C=O) groups excluding carboxylic acids is 2. The molecule has 37 heavy (non-hydrogen) atoms. The number of nitrogens with zero attached hydrogens (tertiary/aromatic N) is 2. The van der Waals surface area contributed by atoms with Gasteiger partial charge in [-0.1, -0.05) is 29.4 Å². The Labute approximate surface area is 215 Å². The first-order valence-corrected chi connectivity index (χ1v) is 12.7. The van der Waals surface area contributed by atoms with Crippen molar-refractivity contribution in [2.75, 3.05) is 31.6 Å². The van der Waals surface area contributed by atoms with Crippen molar-refractivity contribution in [2.45, 2.75) is 50.5 Å². The molecule has 0 radical (unpaired) electrons. The van der Waals surface area contributed by atoms with Gasteiger partial charge in [-0.15, -0.1) is 0 Å². The number of aliphatic hydroxyl groups is 1. The van der Waals surface area contributed by atoms with Gasteiger partial charge in [0, 0.05) is 32.5 Å². The molecule has 10 heteroatoms. The van der Waals surface area contributed by atoms with Crippen LogP contribution in [0, 0.1) is 5.82 Å². The first-order valence-electron chi connectivity index (χ1n) is 12.7. The third kappa shape index (κ3) is 7.66. The first-order chi connectivity index (χ1) is 18.0. The lowest BCUT2D eigenvalue weighted by Crippen LogP contribution is -2.42. The standard InChI is InChI=1S/C27H33FN4O5/c28-24-18-20(8-11-25(24)30-26(34)29-14-17-33)19-6-9-21(10-7-19)31-37-23-12-15-32(16-13-23)27(35)36-22-4-2-1-3-5-22/h1-5,8,11,18-19,23,33H,6-7,9-10,12-17H2,(H2,29,30,34). The Balaban J connectivity index is 1.19. The molecule has 0 atom stereocenters. The summed E-state index contributed by atoms with van der Waals surface area (Å²) in [6.45, 7) is 1.03. The first kappa shape index (κ1) is 26.4. The number of amides is 3. The second-order valence-corrected chi connectivity index (χ2v) is 9.25. The SMILES string of the molecule is O=C(NCCO)Nc1ccc(C2CCC(=NOC3CCN(C(=O)Oc4ccccc4)CC3)CC2)cc1F. The van der Waals surface area contributed by atoms with Gasteiger partial charge in [0.25, 0.3) is 0 Å². The van der Waals surface area contributed by atoms with Crippen LogP contribution in [0.2, 0.25) is 0 Å². The topological polar surface area (TPSA) is 112 Å². The molecule has 0 aromatic heterocycles. The van der Waals surface area contributed by atoms with Crippen LogP contribution in [0.4, 0.5) is 19.7 Å². The summed E-state index contributed by atoms with van der Waals surface area (Å²) in [4.78, 5) is 31.5. The summed E-state index contributed by atoms with van der Waals surface area (Å²) in [7, 11) is 0. The highest BCUT2D eigenvalue weighted by Crippen LogP contribution is 2.33. The summed E-state index contributed by atoms with van der Waals surface area (Å²) in [5.41, 5.74) is 2.00. The number of hydrogen-bond donors (Lipinski definition) is 3. The normalized spacial score (nSPS) is 18.2. The van der Waals surface area contributed by atoms with Gasteiger partial charge in [0.05, 0.1) is 18.0 Å². The van der Waals surface area contributed by atoms with Crippen LogP contribution in [-0.2, 0) is 4.84 Å². The van der Waals surface area contributed by atoms with E-state index >= 15 is 0 Å². The highest BCUT2D eigenvalue weighted by atomic mass is 19.1. The maximum atomic E-state index is 14.5. The van der Waals surface area contributed by atoms with E-state index in [9.17, 15) is 14.0 Å². The van der Waals surface area contributed by atoms with Crippen LogP contribution in [0.15, 0.2) is 53.7 Å². The van der Waals surface area contributed by atoms with E-state index in [1.54, 1.807) is 23.1 Å². The number of hydrogen-bond acceptors (Lipinski definition) is 6. The van der Waals surface area contributed by atoms with Gasteiger partial charge in [-0.05, 0) is 61.4 Å². The molecule has 9 nitrogen and oxygen atoms in total. The molecule has 0 unspecified atom stereocenters. The number of ether oxygens (including phenoxy) is 1. The highest BCUT2D eigenvalue weighted by Gasteiger charge is 2.26. The van der Waals surface area contributed by atoms with Gasteiger partial charge in [0.2, 0.25) is 0 Å². The maximum Gasteiger partial charge on any atom is 0.415 e. The Hall–Kier alpha value is -3.66. The lowest BCUT2D eigenvalue weighted by atomic mass is 9.83. The molecule has 0 bridgehead atoms. The quantitative estimate of drug-likeness (QED) is 0.468. The number of nitrogens with one attached hydrogen (secondary N) is 2. The van der Waals surface area contributed by atoms with Crippen molar-refractivity contribution in [1.29, 1.82) is 0 Å². The molecule has 1 aliphatic heterocycles. The Morgan fingerprint density at radius 1 is 1.05 bits per heavy atom. The molecule has 2 aromatic rings. The third-order valence-electron chi connectivity index (χ3n) is 6.65. The van der Waals surface area contributed by atoms with Crippen molar-refractivity contribution in [3.05, 3.63) is 59.9 Å². The number of oxime groups is 1. The number of rotatable bonds is 7. The lowest BCUT2D eigenvalue weighted by molar-refractivity contribution is 0.0134. The van der Waals surface area contributed by atoms with Gasteiger partial charge in [0.15, 0.2) is 0 Å². The number of urea groups is 1. The number of piperidine rings is 1. The minimum atomic E-state index is -0.558. The summed E-state index contributed by atoms with van der Waals surface area (Å²) < 4.78 is 19.9. The van der Waals surface area contributed by atoms with Gasteiger partial charge < -0.3 is 30.2 Å². The van der Waals surface area contributed by atoms with E-state index in [0.29, 0.717) is 31.7 Å². The van der Waals surface area contributed by atoms with Crippen molar-refractivity contribution < 1.29 is 28.7 Å². The van der Waals surface area contributed by atoms with Gasteiger partial charge in [0.1, 0.15) is 17.7 Å². The van der Waals surface area contributed by atoms with Crippen molar-refractivity contribution >= 4 is 23.5 Å². The van der Waals surface area contributed by atoms with E-state index in [2.05, 4.69) is 15.8 Å². The molecular formula is C27H33FN4O5. The molecule has 2 aromatic carbocycles. The average Bonchev–Trinajstić information content (AvgIpc) is 2.93. The highest BCUT2D eigenvalue weighted by molar-refractivity contribution is 5.89. The fourth-order valence-electron chi connectivity index (χ4n) is 4.55. The number of para-hydroxylation sites is 1. The average molecular weight is 513 g/mol. The van der Waals surface area contributed by atoms with E-state index in [4.69, 9.17) is 14.7 Å². The minimum absolute atomic E-state index is 0.0327. The Bertz CT molecular complexity index is 1080. The largest absolute Gasteiger partial charge is 0.415 e. The molecule has 4 rings (SSSR count). The van der Waals surface area contributed by atoms with Crippen molar-refractivity contribution in [2.24, 2.45) is 5.16 Å². The predicted molar refractivity (Wildman–Crippen MR) is 137 cm³/mol. The van der Waals surface area contributed by atoms with E-state index in [1.807, 2.05) is 24.3 Å². The summed E-state index contributed by atoms with van der Waals surface area (Å²) in [5.74, 6) is 0.257. The summed E-state index contributed by atoms with van der Waals surface area (Å²) >= 11 is 0. The Morgan fingerprint density at radius 2 is 1.78 bits per heavy atom. The van der Waals surface area contributed by atoms with Crippen molar-refractivity contribution in [3.63, 3.8) is 0 Å². The summed E-state index contributed by atoms with van der Waals surface area (Å²) in [5, 5.41) is 18.0. The second kappa shape index (κ2) is 13.0.